The number of hydrogen-bond donors (Lipinski definition) is 1. The summed E-state index contributed by atoms with van der Waals surface area (Å²) in [5.74, 6) is 0. The van der Waals surface area contributed by atoms with Crippen molar-refractivity contribution < 1.29 is 100 Å². The predicted octanol–water partition coefficient (Wildman–Crippen LogP) is 6.51. The van der Waals surface area contributed by atoms with E-state index in [4.69, 9.17) is 54.8 Å². The Hall–Kier alpha value is 1.25. The van der Waals surface area contributed by atoms with Gasteiger partial charge >= 0.3 is 47.5 Å². The van der Waals surface area contributed by atoms with E-state index in [0.29, 0.717) is 0 Å². The Kier molecular flexibility index (Phi) is 38.5. The van der Waals surface area contributed by atoms with Crippen molar-refractivity contribution in [3.63, 3.8) is 0 Å². The minimum Gasteiger partial charge on any atom is -0.306 e. The molecule has 22 heteroatoms. The molecule has 0 atom stereocenters. The fourth-order valence-electron chi connectivity index (χ4n) is 3.16. The van der Waals surface area contributed by atoms with Crippen molar-refractivity contribution in [3.8, 4) is 0 Å². The van der Waals surface area contributed by atoms with Gasteiger partial charge in [-0.3, -0.25) is 18.3 Å². The molecule has 0 aromatic rings. The zero-order valence-corrected chi connectivity index (χ0v) is 39.2. The SMILES string of the molecule is CC(C)OP(C)(=O)OC(C)C.CC(C)OP(C)(=O)OC(C)C.CC(C)OP(C)(=O)OC(C)C.CC(C)OP(C)(=O)OC(C)C.[Mn+2].[O-][Cl+3]([O-])([O-])O. The normalized spacial score (nSPS) is 12.6. The van der Waals surface area contributed by atoms with Crippen molar-refractivity contribution in [2.24, 2.45) is 0 Å². The van der Waals surface area contributed by atoms with Gasteiger partial charge in [-0.1, -0.05) is 0 Å². The topological polar surface area (TPSA) is 232 Å². The molecule has 0 saturated heterocycles. The molecule has 0 aromatic carbocycles. The predicted molar refractivity (Wildman–Crippen MR) is 186 cm³/mol. The van der Waals surface area contributed by atoms with Gasteiger partial charge in [-0.2, -0.15) is 14.0 Å². The van der Waals surface area contributed by atoms with Gasteiger partial charge in [0.05, 0.1) is 63.7 Å². The van der Waals surface area contributed by atoms with Crippen LogP contribution in [0.3, 0.4) is 0 Å². The van der Waals surface area contributed by atoms with Crippen LogP contribution in [0.2, 0.25) is 0 Å². The molecule has 309 valence electrons. The van der Waals surface area contributed by atoms with Crippen LogP contribution >= 0.6 is 30.4 Å². The molecule has 0 unspecified atom stereocenters. The largest absolute Gasteiger partial charge is 2.00 e. The minimum absolute atomic E-state index is 0. The Morgan fingerprint density at radius 2 is 0.420 bits per heavy atom. The van der Waals surface area contributed by atoms with Crippen LogP contribution < -0.4 is 14.0 Å². The Morgan fingerprint density at radius 3 is 0.460 bits per heavy atom. The van der Waals surface area contributed by atoms with Gasteiger partial charge in [-0.15, -0.1) is 0 Å². The third kappa shape index (κ3) is 67.4. The molecule has 50 heavy (non-hydrogen) atoms. The van der Waals surface area contributed by atoms with E-state index in [0.717, 1.165) is 0 Å². The molecule has 0 spiro atoms. The van der Waals surface area contributed by atoms with Gasteiger partial charge in [-0.25, -0.2) is 0 Å². The molecule has 1 radical (unpaired) electrons. The fourth-order valence-corrected chi connectivity index (χ4v) is 9.49. The summed E-state index contributed by atoms with van der Waals surface area (Å²) in [6, 6.07) is 0. The second kappa shape index (κ2) is 30.5. The average molecular weight is 876 g/mol. The molecule has 0 aromatic heterocycles. The van der Waals surface area contributed by atoms with Crippen molar-refractivity contribution in [2.45, 2.75) is 160 Å². The zero-order valence-electron chi connectivity index (χ0n) is 33.7. The Bertz CT molecular complexity index is 801. The molecule has 0 fully saturated rings. The first-order valence-electron chi connectivity index (χ1n) is 15.7. The molecule has 0 saturated carbocycles. The van der Waals surface area contributed by atoms with E-state index in [1.807, 2.05) is 111 Å². The number of rotatable bonds is 16. The number of hydrogen-bond acceptors (Lipinski definition) is 16. The number of halogens is 1. The van der Waals surface area contributed by atoms with Crippen molar-refractivity contribution in [2.75, 3.05) is 26.7 Å². The molecule has 0 rings (SSSR count). The van der Waals surface area contributed by atoms with E-state index in [-0.39, 0.29) is 65.9 Å². The van der Waals surface area contributed by atoms with Crippen LogP contribution in [0.15, 0.2) is 0 Å². The molecular weight excluding hydrogens is 807 g/mol. The molecule has 0 amide bonds. The van der Waals surface area contributed by atoms with E-state index in [9.17, 15) is 18.3 Å². The quantitative estimate of drug-likeness (QED) is 0.129. The maximum absolute atomic E-state index is 11.4. The first kappa shape index (κ1) is 63.2. The first-order valence-corrected chi connectivity index (χ1v) is 25.0. The summed E-state index contributed by atoms with van der Waals surface area (Å²) < 4.78 is 119. The van der Waals surface area contributed by atoms with Crippen LogP contribution in [-0.2, 0) is 71.5 Å². The van der Waals surface area contributed by atoms with Crippen LogP contribution in [0.1, 0.15) is 111 Å². The van der Waals surface area contributed by atoms with Crippen molar-refractivity contribution >= 4 is 30.4 Å². The Labute approximate surface area is 316 Å². The summed E-state index contributed by atoms with van der Waals surface area (Å²) in [4.78, 5) is 0. The molecule has 0 aliphatic carbocycles. The molecule has 0 aliphatic rings. The third-order valence-corrected chi connectivity index (χ3v) is 9.66. The maximum Gasteiger partial charge on any atom is 2.00 e. The minimum atomic E-state index is -4.69. The first-order chi connectivity index (χ1) is 21.3. The third-order valence-electron chi connectivity index (χ3n) is 3.22. The van der Waals surface area contributed by atoms with Crippen LogP contribution in [0.4, 0.5) is 0 Å². The standard InChI is InChI=1S/4C7H17O3P.ClHO4.Mn/c4*1-6(2)9-11(5,8)10-7(3)4;2-1(3,4)5;/h4*6-7H,1-5H3;(H,2,3,4,5);/q;;;;;+2. The van der Waals surface area contributed by atoms with E-state index in [2.05, 4.69) is 0 Å². The monoisotopic (exact) mass is 875 g/mol. The van der Waals surface area contributed by atoms with Crippen molar-refractivity contribution in [1.82, 2.24) is 0 Å². The van der Waals surface area contributed by atoms with Crippen LogP contribution in [0, 0.1) is 10.2 Å². The van der Waals surface area contributed by atoms with E-state index in [1.54, 1.807) is 0 Å². The van der Waals surface area contributed by atoms with Crippen molar-refractivity contribution in [3.05, 3.63) is 0 Å². The molecule has 16 nitrogen and oxygen atoms in total. The Morgan fingerprint density at radius 1 is 0.360 bits per heavy atom. The average Bonchev–Trinajstić information content (AvgIpc) is 2.65. The van der Waals surface area contributed by atoms with Gasteiger partial charge in [0.1, 0.15) is 0 Å². The summed E-state index contributed by atoms with van der Waals surface area (Å²) in [6.07, 6.45) is -0.410. The molecule has 1 N–H and O–H groups in total. The van der Waals surface area contributed by atoms with Gasteiger partial charge in [0, 0.05) is 26.7 Å². The molecule has 0 heterocycles. The summed E-state index contributed by atoms with van der Waals surface area (Å²) in [7, 11) is -15.9. The van der Waals surface area contributed by atoms with Crippen molar-refractivity contribution in [1.29, 1.82) is 0 Å². The van der Waals surface area contributed by atoms with Crippen LogP contribution in [-0.4, -0.2) is 80.2 Å². The summed E-state index contributed by atoms with van der Waals surface area (Å²) >= 11 is 0. The van der Waals surface area contributed by atoms with Gasteiger partial charge < -0.3 is 36.2 Å². The second-order valence-electron chi connectivity index (χ2n) is 12.7. The summed E-state index contributed by atoms with van der Waals surface area (Å²) in [6.45, 7) is 35.3. The molecular formula is C28H69ClMnO16P4+2. The van der Waals surface area contributed by atoms with E-state index in [1.165, 1.54) is 26.7 Å². The van der Waals surface area contributed by atoms with Gasteiger partial charge in [-0.05, 0) is 111 Å². The smallest absolute Gasteiger partial charge is 0.306 e. The second-order valence-corrected chi connectivity index (χ2v) is 21.4. The van der Waals surface area contributed by atoms with E-state index >= 15 is 0 Å². The van der Waals surface area contributed by atoms with Gasteiger partial charge in [0.2, 0.25) is 0 Å². The van der Waals surface area contributed by atoms with Crippen LogP contribution in [0.25, 0.3) is 0 Å². The Balaban J connectivity index is -0.000000123. The summed E-state index contributed by atoms with van der Waals surface area (Å²) in [5.41, 5.74) is 0. The molecule has 0 aliphatic heterocycles. The van der Waals surface area contributed by atoms with E-state index < -0.39 is 40.6 Å². The zero-order chi connectivity index (χ0) is 40.8. The molecule has 0 bridgehead atoms. The fraction of sp³-hybridized carbons (Fsp3) is 1.00. The maximum atomic E-state index is 11.4. The summed E-state index contributed by atoms with van der Waals surface area (Å²) in [5, 5.41) is 0. The van der Waals surface area contributed by atoms with Gasteiger partial charge in [0.25, 0.3) is 0 Å². The van der Waals surface area contributed by atoms with Crippen LogP contribution in [0.5, 0.6) is 0 Å². The van der Waals surface area contributed by atoms with Gasteiger partial charge in [0.15, 0.2) is 0 Å².